The Labute approximate surface area is 99.7 Å². The lowest BCUT2D eigenvalue weighted by Crippen LogP contribution is -2.59. The van der Waals surface area contributed by atoms with Crippen LogP contribution in [0.25, 0.3) is 0 Å². The molecule has 0 aromatic rings. The molecule has 0 aromatic heterocycles. The fourth-order valence-electron chi connectivity index (χ4n) is 1.68. The fourth-order valence-corrected chi connectivity index (χ4v) is 1.68. The molecule has 1 fully saturated rings. The predicted molar refractivity (Wildman–Crippen MR) is 60.6 cm³/mol. The zero-order valence-electron chi connectivity index (χ0n) is 10.0. The molecule has 0 spiro atoms. The minimum atomic E-state index is -0.933. The van der Waals surface area contributed by atoms with Gasteiger partial charge in [-0.1, -0.05) is 0 Å². The van der Waals surface area contributed by atoms with Crippen LogP contribution in [0.4, 0.5) is 0 Å². The number of hydrogen-bond donors (Lipinski definition) is 2. The van der Waals surface area contributed by atoms with Crippen molar-refractivity contribution in [2.45, 2.75) is 25.9 Å². The molecule has 1 rings (SSSR count). The maximum absolute atomic E-state index is 11.7. The molecule has 7 nitrogen and oxygen atoms in total. The molecule has 1 atom stereocenters. The number of primary amides is 1. The third-order valence-electron chi connectivity index (χ3n) is 2.75. The zero-order chi connectivity index (χ0) is 13.2. The number of nitrogens with two attached hydrogens (primary N) is 2. The van der Waals surface area contributed by atoms with Crippen LogP contribution in [0.5, 0.6) is 0 Å². The van der Waals surface area contributed by atoms with E-state index in [0.29, 0.717) is 13.1 Å². The SMILES string of the molecule is CC(C)N1CCN(CC(N)C(N)=O)C(=O)C1=O. The summed E-state index contributed by atoms with van der Waals surface area (Å²) in [5.41, 5.74) is 10.5. The van der Waals surface area contributed by atoms with Crippen molar-refractivity contribution in [3.8, 4) is 0 Å². The summed E-state index contributed by atoms with van der Waals surface area (Å²) in [7, 11) is 0. The Bertz CT molecular complexity index is 342. The summed E-state index contributed by atoms with van der Waals surface area (Å²) < 4.78 is 0. The van der Waals surface area contributed by atoms with Gasteiger partial charge in [0.05, 0.1) is 0 Å². The molecule has 1 unspecified atom stereocenters. The van der Waals surface area contributed by atoms with Gasteiger partial charge >= 0.3 is 11.8 Å². The van der Waals surface area contributed by atoms with Crippen molar-refractivity contribution >= 4 is 17.7 Å². The van der Waals surface area contributed by atoms with E-state index in [1.54, 1.807) is 0 Å². The molecule has 1 saturated heterocycles. The van der Waals surface area contributed by atoms with Crippen molar-refractivity contribution in [2.75, 3.05) is 19.6 Å². The van der Waals surface area contributed by atoms with E-state index < -0.39 is 23.8 Å². The van der Waals surface area contributed by atoms with Crippen molar-refractivity contribution in [2.24, 2.45) is 11.5 Å². The van der Waals surface area contributed by atoms with Crippen molar-refractivity contribution < 1.29 is 14.4 Å². The highest BCUT2D eigenvalue weighted by Crippen LogP contribution is 2.08. The van der Waals surface area contributed by atoms with Crippen LogP contribution in [0.3, 0.4) is 0 Å². The molecule has 17 heavy (non-hydrogen) atoms. The minimum absolute atomic E-state index is 0.00809. The second kappa shape index (κ2) is 5.13. The fraction of sp³-hybridized carbons (Fsp3) is 0.700. The third-order valence-corrected chi connectivity index (χ3v) is 2.75. The van der Waals surface area contributed by atoms with Crippen molar-refractivity contribution in [1.82, 2.24) is 9.80 Å². The molecule has 0 saturated carbocycles. The molecule has 4 N–H and O–H groups in total. The van der Waals surface area contributed by atoms with E-state index in [2.05, 4.69) is 0 Å². The van der Waals surface area contributed by atoms with Gasteiger partial charge in [-0.15, -0.1) is 0 Å². The Morgan fingerprint density at radius 3 is 2.35 bits per heavy atom. The smallest absolute Gasteiger partial charge is 0.312 e. The Morgan fingerprint density at radius 1 is 1.29 bits per heavy atom. The van der Waals surface area contributed by atoms with Crippen LogP contribution in [0.15, 0.2) is 0 Å². The molecule has 0 bridgehead atoms. The predicted octanol–water partition coefficient (Wildman–Crippen LogP) is -2.12. The molecule has 1 aliphatic heterocycles. The van der Waals surface area contributed by atoms with E-state index in [1.807, 2.05) is 13.8 Å². The van der Waals surface area contributed by atoms with Gasteiger partial charge in [-0.05, 0) is 13.8 Å². The maximum Gasteiger partial charge on any atom is 0.312 e. The Balaban J connectivity index is 2.66. The number of rotatable bonds is 4. The van der Waals surface area contributed by atoms with E-state index in [9.17, 15) is 14.4 Å². The zero-order valence-corrected chi connectivity index (χ0v) is 10.0. The van der Waals surface area contributed by atoms with Crippen LogP contribution < -0.4 is 11.5 Å². The van der Waals surface area contributed by atoms with E-state index in [4.69, 9.17) is 11.5 Å². The van der Waals surface area contributed by atoms with Crippen LogP contribution in [0, 0.1) is 0 Å². The molecular formula is C10H18N4O3. The summed E-state index contributed by atoms with van der Waals surface area (Å²) in [6, 6.07) is -0.948. The normalized spacial score (nSPS) is 18.8. The van der Waals surface area contributed by atoms with Gasteiger partial charge in [-0.25, -0.2) is 0 Å². The van der Waals surface area contributed by atoms with Gasteiger partial charge in [-0.2, -0.15) is 0 Å². The molecular weight excluding hydrogens is 224 g/mol. The number of piperazine rings is 1. The molecule has 0 radical (unpaired) electrons. The van der Waals surface area contributed by atoms with Crippen molar-refractivity contribution in [3.05, 3.63) is 0 Å². The second-order valence-electron chi connectivity index (χ2n) is 4.35. The standard InChI is InChI=1S/C10H18N4O3/c1-6(2)14-4-3-13(9(16)10(14)17)5-7(11)8(12)15/h6-7H,3-5,11H2,1-2H3,(H2,12,15). The highest BCUT2D eigenvalue weighted by atomic mass is 16.2. The van der Waals surface area contributed by atoms with Gasteiger partial charge in [0, 0.05) is 25.7 Å². The monoisotopic (exact) mass is 242 g/mol. The van der Waals surface area contributed by atoms with Crippen LogP contribution >= 0.6 is 0 Å². The summed E-state index contributed by atoms with van der Waals surface area (Å²) in [5, 5.41) is 0. The first-order chi connectivity index (χ1) is 7.84. The second-order valence-corrected chi connectivity index (χ2v) is 4.35. The molecule has 0 aromatic carbocycles. The molecule has 1 heterocycles. The molecule has 1 aliphatic rings. The van der Waals surface area contributed by atoms with E-state index in [-0.39, 0.29) is 12.6 Å². The van der Waals surface area contributed by atoms with Crippen molar-refractivity contribution in [3.63, 3.8) is 0 Å². The Morgan fingerprint density at radius 2 is 1.88 bits per heavy atom. The molecule has 0 aliphatic carbocycles. The Kier molecular flexibility index (Phi) is 4.06. The van der Waals surface area contributed by atoms with Gasteiger partial charge in [0.25, 0.3) is 0 Å². The van der Waals surface area contributed by atoms with Gasteiger partial charge in [0.1, 0.15) is 6.04 Å². The Hall–Kier alpha value is -1.63. The number of carbonyl (C=O) groups excluding carboxylic acids is 3. The molecule has 3 amide bonds. The highest BCUT2D eigenvalue weighted by molar-refractivity contribution is 6.35. The topological polar surface area (TPSA) is 110 Å². The minimum Gasteiger partial charge on any atom is -0.368 e. The summed E-state index contributed by atoms with van der Waals surface area (Å²) in [4.78, 5) is 37.0. The van der Waals surface area contributed by atoms with E-state index >= 15 is 0 Å². The summed E-state index contributed by atoms with van der Waals surface area (Å²) in [6.07, 6.45) is 0. The van der Waals surface area contributed by atoms with Gasteiger partial charge in [-0.3, -0.25) is 14.4 Å². The van der Waals surface area contributed by atoms with Crippen LogP contribution in [0.1, 0.15) is 13.8 Å². The van der Waals surface area contributed by atoms with E-state index in [0.717, 1.165) is 0 Å². The highest BCUT2D eigenvalue weighted by Gasteiger charge is 2.34. The number of amides is 3. The summed E-state index contributed by atoms with van der Waals surface area (Å²) in [6.45, 7) is 4.51. The largest absolute Gasteiger partial charge is 0.368 e. The van der Waals surface area contributed by atoms with Gasteiger partial charge < -0.3 is 21.3 Å². The van der Waals surface area contributed by atoms with Crippen molar-refractivity contribution in [1.29, 1.82) is 0 Å². The van der Waals surface area contributed by atoms with E-state index in [1.165, 1.54) is 9.80 Å². The summed E-state index contributed by atoms with van der Waals surface area (Å²) >= 11 is 0. The van der Waals surface area contributed by atoms with Crippen LogP contribution in [0.2, 0.25) is 0 Å². The molecule has 7 heteroatoms. The van der Waals surface area contributed by atoms with Gasteiger partial charge in [0.2, 0.25) is 5.91 Å². The first kappa shape index (κ1) is 13.4. The average Bonchev–Trinajstić information content (AvgIpc) is 2.24. The van der Waals surface area contributed by atoms with Crippen LogP contribution in [-0.4, -0.2) is 59.2 Å². The number of hydrogen-bond acceptors (Lipinski definition) is 4. The first-order valence-electron chi connectivity index (χ1n) is 5.49. The quantitative estimate of drug-likeness (QED) is 0.549. The maximum atomic E-state index is 11.7. The first-order valence-corrected chi connectivity index (χ1v) is 5.49. The lowest BCUT2D eigenvalue weighted by Gasteiger charge is -2.36. The number of nitrogens with zero attached hydrogens (tertiary/aromatic N) is 2. The van der Waals surface area contributed by atoms with Crippen LogP contribution in [-0.2, 0) is 14.4 Å². The van der Waals surface area contributed by atoms with Gasteiger partial charge in [0.15, 0.2) is 0 Å². The average molecular weight is 242 g/mol. The summed E-state index contributed by atoms with van der Waals surface area (Å²) in [5.74, 6) is -1.86. The molecule has 96 valence electrons. The lowest BCUT2D eigenvalue weighted by atomic mass is 10.2. The third kappa shape index (κ3) is 2.94. The lowest BCUT2D eigenvalue weighted by molar-refractivity contribution is -0.157. The number of carbonyl (C=O) groups is 3.